The second kappa shape index (κ2) is 3.00. The van der Waals surface area contributed by atoms with Crippen molar-refractivity contribution in [2.45, 2.75) is 13.3 Å². The van der Waals surface area contributed by atoms with Gasteiger partial charge in [0.2, 0.25) is 5.78 Å². The number of nitrogens with one attached hydrogen (secondary N) is 1. The number of furan rings is 1. The molecule has 1 fully saturated rings. The molecule has 2 rings (SSSR count). The van der Waals surface area contributed by atoms with E-state index in [1.54, 1.807) is 18.4 Å². The van der Waals surface area contributed by atoms with Gasteiger partial charge < -0.3 is 9.73 Å². The van der Waals surface area contributed by atoms with Crippen molar-refractivity contribution in [3.05, 3.63) is 24.2 Å². The molecular weight excluding hydrogens is 166 g/mol. The van der Waals surface area contributed by atoms with E-state index in [1.807, 2.05) is 6.92 Å². The lowest BCUT2D eigenvalue weighted by Gasteiger charge is -2.18. The lowest BCUT2D eigenvalue weighted by molar-refractivity contribution is 0.0809. The highest BCUT2D eigenvalue weighted by atomic mass is 16.3. The first kappa shape index (κ1) is 8.51. The van der Waals surface area contributed by atoms with Gasteiger partial charge in [-0.25, -0.2) is 0 Å². The van der Waals surface area contributed by atoms with Gasteiger partial charge in [0.1, 0.15) is 0 Å². The Bertz CT molecular complexity index is 297. The molecule has 1 N–H and O–H groups in total. The molecule has 13 heavy (non-hydrogen) atoms. The van der Waals surface area contributed by atoms with E-state index in [1.165, 1.54) is 0 Å². The Hall–Kier alpha value is -1.09. The Morgan fingerprint density at radius 2 is 2.54 bits per heavy atom. The van der Waals surface area contributed by atoms with E-state index < -0.39 is 0 Å². The lowest BCUT2D eigenvalue weighted by atomic mass is 9.84. The van der Waals surface area contributed by atoms with Crippen molar-refractivity contribution in [3.8, 4) is 0 Å². The number of ketones is 1. The summed E-state index contributed by atoms with van der Waals surface area (Å²) in [6.45, 7) is 3.66. The summed E-state index contributed by atoms with van der Waals surface area (Å²) in [5, 5.41) is 3.19. The molecule has 0 saturated carbocycles. The minimum Gasteiger partial charge on any atom is -0.461 e. The molecular formula is C10H13NO2. The summed E-state index contributed by atoms with van der Waals surface area (Å²) in [7, 11) is 0. The third-order valence-electron chi connectivity index (χ3n) is 2.66. The number of Topliss-reactive ketones (excluding diaryl/α,β-unsaturated/α-hetero) is 1. The van der Waals surface area contributed by atoms with Crippen LogP contribution < -0.4 is 5.32 Å². The molecule has 0 aliphatic carbocycles. The molecule has 3 heteroatoms. The molecule has 1 aliphatic rings. The fourth-order valence-electron chi connectivity index (χ4n) is 1.72. The van der Waals surface area contributed by atoms with Gasteiger partial charge in [-0.1, -0.05) is 6.92 Å². The smallest absolute Gasteiger partial charge is 0.205 e. The van der Waals surface area contributed by atoms with Gasteiger partial charge in [-0.15, -0.1) is 0 Å². The lowest BCUT2D eigenvalue weighted by Crippen LogP contribution is -2.29. The molecule has 70 valence electrons. The van der Waals surface area contributed by atoms with E-state index in [9.17, 15) is 4.79 Å². The van der Waals surface area contributed by atoms with Gasteiger partial charge in [0, 0.05) is 12.0 Å². The van der Waals surface area contributed by atoms with Gasteiger partial charge in [0.15, 0.2) is 5.76 Å². The van der Waals surface area contributed by atoms with Gasteiger partial charge in [0.25, 0.3) is 0 Å². The summed E-state index contributed by atoms with van der Waals surface area (Å²) in [4.78, 5) is 11.9. The van der Waals surface area contributed by atoms with Crippen LogP contribution in [0, 0.1) is 5.41 Å². The zero-order valence-electron chi connectivity index (χ0n) is 7.67. The molecule has 1 aromatic heterocycles. The molecule has 0 radical (unpaired) electrons. The number of rotatable bonds is 2. The molecule has 1 aromatic rings. The molecule has 0 amide bonds. The van der Waals surface area contributed by atoms with Crippen LogP contribution in [0.5, 0.6) is 0 Å². The van der Waals surface area contributed by atoms with Crippen molar-refractivity contribution in [1.82, 2.24) is 5.32 Å². The highest BCUT2D eigenvalue weighted by Gasteiger charge is 2.37. The van der Waals surface area contributed by atoms with E-state index in [2.05, 4.69) is 5.32 Å². The highest BCUT2D eigenvalue weighted by Crippen LogP contribution is 2.29. The molecule has 1 aliphatic heterocycles. The maximum atomic E-state index is 11.9. The van der Waals surface area contributed by atoms with Crippen molar-refractivity contribution in [3.63, 3.8) is 0 Å². The molecule has 0 bridgehead atoms. The standard InChI is InChI=1S/C10H13NO2/c1-10(4-5-11-7-10)9(12)8-3-2-6-13-8/h2-3,6,11H,4-5,7H2,1H3. The summed E-state index contributed by atoms with van der Waals surface area (Å²) in [5.41, 5.74) is -0.266. The average Bonchev–Trinajstić information content (AvgIpc) is 2.73. The van der Waals surface area contributed by atoms with Crippen LogP contribution in [0.4, 0.5) is 0 Å². The van der Waals surface area contributed by atoms with Gasteiger partial charge in [0.05, 0.1) is 6.26 Å². The fraction of sp³-hybridized carbons (Fsp3) is 0.500. The van der Waals surface area contributed by atoms with Crippen molar-refractivity contribution in [1.29, 1.82) is 0 Å². The quantitative estimate of drug-likeness (QED) is 0.699. The van der Waals surface area contributed by atoms with Crippen LogP contribution in [0.25, 0.3) is 0 Å². The van der Waals surface area contributed by atoms with Gasteiger partial charge >= 0.3 is 0 Å². The monoisotopic (exact) mass is 179 g/mol. The van der Waals surface area contributed by atoms with Crippen LogP contribution in [0.3, 0.4) is 0 Å². The maximum Gasteiger partial charge on any atom is 0.205 e. The summed E-state index contributed by atoms with van der Waals surface area (Å²) >= 11 is 0. The van der Waals surface area contributed by atoms with Crippen LogP contribution >= 0.6 is 0 Å². The van der Waals surface area contributed by atoms with Crippen LogP contribution in [0.15, 0.2) is 22.8 Å². The van der Waals surface area contributed by atoms with Crippen LogP contribution in [0.1, 0.15) is 23.9 Å². The van der Waals surface area contributed by atoms with E-state index in [0.717, 1.165) is 19.5 Å². The Balaban J connectivity index is 2.21. The largest absolute Gasteiger partial charge is 0.461 e. The molecule has 1 unspecified atom stereocenters. The summed E-state index contributed by atoms with van der Waals surface area (Å²) < 4.78 is 5.10. The normalized spacial score (nSPS) is 27.8. The predicted octanol–water partition coefficient (Wildman–Crippen LogP) is 1.46. The molecule has 1 saturated heterocycles. The third-order valence-corrected chi connectivity index (χ3v) is 2.66. The predicted molar refractivity (Wildman–Crippen MR) is 48.6 cm³/mol. The molecule has 2 heterocycles. The first-order chi connectivity index (χ1) is 6.22. The molecule has 3 nitrogen and oxygen atoms in total. The SMILES string of the molecule is CC1(C(=O)c2ccco2)CCNC1. The number of carbonyl (C=O) groups is 1. The Labute approximate surface area is 77.1 Å². The van der Waals surface area contributed by atoms with Gasteiger partial charge in [-0.05, 0) is 25.1 Å². The molecule has 1 atom stereocenters. The van der Waals surface area contributed by atoms with E-state index in [0.29, 0.717) is 5.76 Å². The molecule has 0 spiro atoms. The first-order valence-corrected chi connectivity index (χ1v) is 4.51. The highest BCUT2D eigenvalue weighted by molar-refractivity contribution is 5.98. The van der Waals surface area contributed by atoms with Crippen molar-refractivity contribution < 1.29 is 9.21 Å². The number of hydrogen-bond acceptors (Lipinski definition) is 3. The van der Waals surface area contributed by atoms with Crippen LogP contribution in [0.2, 0.25) is 0 Å². The second-order valence-corrected chi connectivity index (χ2v) is 3.79. The first-order valence-electron chi connectivity index (χ1n) is 4.51. The topological polar surface area (TPSA) is 42.2 Å². The second-order valence-electron chi connectivity index (χ2n) is 3.79. The Morgan fingerprint density at radius 1 is 1.69 bits per heavy atom. The molecule has 0 aromatic carbocycles. The van der Waals surface area contributed by atoms with Crippen molar-refractivity contribution >= 4 is 5.78 Å². The zero-order chi connectivity index (χ0) is 9.31. The fourth-order valence-corrected chi connectivity index (χ4v) is 1.72. The minimum atomic E-state index is -0.266. The van der Waals surface area contributed by atoms with Gasteiger partial charge in [-0.2, -0.15) is 0 Å². The third kappa shape index (κ3) is 1.40. The summed E-state index contributed by atoms with van der Waals surface area (Å²) in [6.07, 6.45) is 2.44. The van der Waals surface area contributed by atoms with Gasteiger partial charge in [-0.3, -0.25) is 4.79 Å². The van der Waals surface area contributed by atoms with Crippen molar-refractivity contribution in [2.24, 2.45) is 5.41 Å². The minimum absolute atomic E-state index is 0.113. The summed E-state index contributed by atoms with van der Waals surface area (Å²) in [5.74, 6) is 0.591. The Morgan fingerprint density at radius 3 is 3.08 bits per heavy atom. The van der Waals surface area contributed by atoms with E-state index in [-0.39, 0.29) is 11.2 Å². The Kier molecular flexibility index (Phi) is 1.96. The van der Waals surface area contributed by atoms with E-state index in [4.69, 9.17) is 4.42 Å². The summed E-state index contributed by atoms with van der Waals surface area (Å²) in [6, 6.07) is 3.48. The average molecular weight is 179 g/mol. The maximum absolute atomic E-state index is 11.9. The van der Waals surface area contributed by atoms with Crippen LogP contribution in [-0.2, 0) is 0 Å². The van der Waals surface area contributed by atoms with Crippen molar-refractivity contribution in [2.75, 3.05) is 13.1 Å². The number of hydrogen-bond donors (Lipinski definition) is 1. The van der Waals surface area contributed by atoms with Crippen LogP contribution in [-0.4, -0.2) is 18.9 Å². The zero-order valence-corrected chi connectivity index (χ0v) is 7.67. The van der Waals surface area contributed by atoms with E-state index >= 15 is 0 Å². The number of carbonyl (C=O) groups excluding carboxylic acids is 1.